The molecule has 152 valence electrons. The standard InChI is InChI=1S/C26H20N2O3/c29-24(19-11-4-1-5-12-19)22(25(30)20-13-6-2-7-14-20)23(28-18-10-17-27-28)26(31)21-15-8-3-9-16-21/h1-18,22-23H. The minimum absolute atomic E-state index is 0.345. The van der Waals surface area contributed by atoms with Crippen LogP contribution in [0, 0.1) is 5.92 Å². The van der Waals surface area contributed by atoms with E-state index in [1.807, 2.05) is 0 Å². The summed E-state index contributed by atoms with van der Waals surface area (Å²) >= 11 is 0. The lowest BCUT2D eigenvalue weighted by molar-refractivity contribution is 0.0681. The van der Waals surface area contributed by atoms with Crippen LogP contribution in [0.2, 0.25) is 0 Å². The van der Waals surface area contributed by atoms with Gasteiger partial charge in [0.1, 0.15) is 12.0 Å². The molecule has 0 spiro atoms. The summed E-state index contributed by atoms with van der Waals surface area (Å²) in [5, 5.41) is 4.23. The zero-order chi connectivity index (χ0) is 21.6. The van der Waals surface area contributed by atoms with Crippen LogP contribution in [0.3, 0.4) is 0 Å². The van der Waals surface area contributed by atoms with Crippen molar-refractivity contribution >= 4 is 17.3 Å². The third kappa shape index (κ3) is 4.26. The van der Waals surface area contributed by atoms with Gasteiger partial charge in [-0.2, -0.15) is 5.10 Å². The molecular weight excluding hydrogens is 388 g/mol. The molecule has 0 radical (unpaired) electrons. The van der Waals surface area contributed by atoms with Crippen LogP contribution in [0.5, 0.6) is 0 Å². The molecule has 0 saturated heterocycles. The van der Waals surface area contributed by atoms with Crippen molar-refractivity contribution in [2.45, 2.75) is 6.04 Å². The van der Waals surface area contributed by atoms with Crippen LogP contribution in [0.1, 0.15) is 37.1 Å². The molecule has 0 amide bonds. The van der Waals surface area contributed by atoms with Crippen molar-refractivity contribution in [1.82, 2.24) is 9.78 Å². The number of rotatable bonds is 8. The number of carbonyl (C=O) groups is 3. The van der Waals surface area contributed by atoms with Crippen molar-refractivity contribution in [3.8, 4) is 0 Å². The monoisotopic (exact) mass is 408 g/mol. The van der Waals surface area contributed by atoms with E-state index in [0.717, 1.165) is 0 Å². The Balaban J connectivity index is 1.87. The first-order valence-electron chi connectivity index (χ1n) is 9.94. The van der Waals surface area contributed by atoms with Gasteiger partial charge in [0.15, 0.2) is 17.3 Å². The molecule has 0 aliphatic heterocycles. The van der Waals surface area contributed by atoms with E-state index in [0.29, 0.717) is 16.7 Å². The molecule has 1 unspecified atom stereocenters. The second-order valence-corrected chi connectivity index (χ2v) is 7.10. The van der Waals surface area contributed by atoms with Crippen LogP contribution >= 0.6 is 0 Å². The molecule has 0 aliphatic carbocycles. The van der Waals surface area contributed by atoms with Gasteiger partial charge in [-0.15, -0.1) is 0 Å². The van der Waals surface area contributed by atoms with Gasteiger partial charge in [0, 0.05) is 29.1 Å². The quantitative estimate of drug-likeness (QED) is 0.313. The maximum absolute atomic E-state index is 13.6. The van der Waals surface area contributed by atoms with Crippen molar-refractivity contribution in [2.75, 3.05) is 0 Å². The number of aromatic nitrogens is 2. The highest BCUT2D eigenvalue weighted by Gasteiger charge is 2.41. The van der Waals surface area contributed by atoms with Crippen LogP contribution < -0.4 is 0 Å². The van der Waals surface area contributed by atoms with Crippen LogP contribution in [0.15, 0.2) is 109 Å². The first-order valence-corrected chi connectivity index (χ1v) is 9.94. The molecule has 0 aliphatic rings. The van der Waals surface area contributed by atoms with Crippen LogP contribution in [-0.4, -0.2) is 27.1 Å². The molecule has 1 atom stereocenters. The number of carbonyl (C=O) groups excluding carboxylic acids is 3. The molecule has 4 rings (SSSR count). The maximum Gasteiger partial charge on any atom is 0.188 e. The molecule has 5 heteroatoms. The van der Waals surface area contributed by atoms with E-state index in [9.17, 15) is 14.4 Å². The first kappa shape index (κ1) is 20.2. The highest BCUT2D eigenvalue weighted by molar-refractivity contribution is 6.19. The van der Waals surface area contributed by atoms with E-state index in [1.165, 1.54) is 10.9 Å². The van der Waals surface area contributed by atoms with E-state index in [-0.39, 0.29) is 5.78 Å². The zero-order valence-electron chi connectivity index (χ0n) is 16.7. The molecule has 4 aromatic rings. The van der Waals surface area contributed by atoms with E-state index in [2.05, 4.69) is 5.10 Å². The van der Waals surface area contributed by atoms with Crippen molar-refractivity contribution in [1.29, 1.82) is 0 Å². The van der Waals surface area contributed by atoms with Crippen LogP contribution in [0.4, 0.5) is 0 Å². The Bertz CT molecular complexity index is 1120. The summed E-state index contributed by atoms with van der Waals surface area (Å²) in [5.74, 6) is -2.45. The van der Waals surface area contributed by atoms with Crippen molar-refractivity contribution in [3.05, 3.63) is 126 Å². The van der Waals surface area contributed by atoms with Crippen molar-refractivity contribution < 1.29 is 14.4 Å². The number of hydrogen-bond acceptors (Lipinski definition) is 4. The van der Waals surface area contributed by atoms with Gasteiger partial charge in [0.05, 0.1) is 0 Å². The van der Waals surface area contributed by atoms with Crippen LogP contribution in [0.25, 0.3) is 0 Å². The van der Waals surface area contributed by atoms with Gasteiger partial charge in [-0.3, -0.25) is 19.1 Å². The largest absolute Gasteiger partial charge is 0.293 e. The number of benzene rings is 3. The van der Waals surface area contributed by atoms with Crippen molar-refractivity contribution in [2.24, 2.45) is 5.92 Å². The molecular formula is C26H20N2O3. The van der Waals surface area contributed by atoms with Gasteiger partial charge in [-0.25, -0.2) is 0 Å². The van der Waals surface area contributed by atoms with Crippen LogP contribution in [-0.2, 0) is 0 Å². The number of ketones is 3. The summed E-state index contributed by atoms with van der Waals surface area (Å²) in [5.41, 5.74) is 1.15. The molecule has 0 saturated carbocycles. The highest BCUT2D eigenvalue weighted by Crippen LogP contribution is 2.29. The maximum atomic E-state index is 13.6. The van der Waals surface area contributed by atoms with E-state index < -0.39 is 23.5 Å². The van der Waals surface area contributed by atoms with Gasteiger partial charge in [-0.1, -0.05) is 91.0 Å². The van der Waals surface area contributed by atoms with Gasteiger partial charge in [0.25, 0.3) is 0 Å². The number of hydrogen-bond donors (Lipinski definition) is 0. The lowest BCUT2D eigenvalue weighted by Crippen LogP contribution is -2.38. The predicted octanol–water partition coefficient (Wildman–Crippen LogP) is 4.69. The average molecular weight is 408 g/mol. The lowest BCUT2D eigenvalue weighted by atomic mass is 9.81. The minimum Gasteiger partial charge on any atom is -0.293 e. The Labute approximate surface area is 180 Å². The minimum atomic E-state index is -1.27. The summed E-state index contributed by atoms with van der Waals surface area (Å²) in [4.78, 5) is 40.8. The SMILES string of the molecule is O=C(c1ccccc1)C(C(=O)c1ccccc1)C(C(=O)c1ccccc1)n1cccn1. The topological polar surface area (TPSA) is 69.0 Å². The van der Waals surface area contributed by atoms with E-state index >= 15 is 0 Å². The molecule has 0 N–H and O–H groups in total. The van der Waals surface area contributed by atoms with Gasteiger partial charge in [-0.05, 0) is 6.07 Å². The fourth-order valence-electron chi connectivity index (χ4n) is 3.61. The lowest BCUT2D eigenvalue weighted by Gasteiger charge is -2.25. The summed E-state index contributed by atoms with van der Waals surface area (Å²) in [6, 6.07) is 26.4. The molecule has 0 fully saturated rings. The summed E-state index contributed by atoms with van der Waals surface area (Å²) in [6.45, 7) is 0. The van der Waals surface area contributed by atoms with E-state index in [1.54, 1.807) is 103 Å². The number of nitrogens with zero attached hydrogens (tertiary/aromatic N) is 2. The number of Topliss-reactive ketones (excluding diaryl/α,β-unsaturated/α-hetero) is 3. The van der Waals surface area contributed by atoms with E-state index in [4.69, 9.17) is 0 Å². The average Bonchev–Trinajstić information content (AvgIpc) is 3.37. The molecule has 5 nitrogen and oxygen atoms in total. The Kier molecular flexibility index (Phi) is 5.94. The Morgan fingerprint density at radius 1 is 0.581 bits per heavy atom. The molecule has 3 aromatic carbocycles. The molecule has 31 heavy (non-hydrogen) atoms. The summed E-state index contributed by atoms with van der Waals surface area (Å²) in [6.07, 6.45) is 3.14. The molecule has 1 heterocycles. The summed E-state index contributed by atoms with van der Waals surface area (Å²) < 4.78 is 1.40. The third-order valence-corrected chi connectivity index (χ3v) is 5.13. The molecule has 0 bridgehead atoms. The van der Waals surface area contributed by atoms with Gasteiger partial charge >= 0.3 is 0 Å². The smallest absolute Gasteiger partial charge is 0.188 e. The van der Waals surface area contributed by atoms with Crippen molar-refractivity contribution in [3.63, 3.8) is 0 Å². The Morgan fingerprint density at radius 3 is 1.39 bits per heavy atom. The first-order chi connectivity index (χ1) is 15.2. The fraction of sp³-hybridized carbons (Fsp3) is 0.0769. The fourth-order valence-corrected chi connectivity index (χ4v) is 3.61. The second-order valence-electron chi connectivity index (χ2n) is 7.10. The predicted molar refractivity (Wildman–Crippen MR) is 117 cm³/mol. The molecule has 1 aromatic heterocycles. The van der Waals surface area contributed by atoms with Gasteiger partial charge < -0.3 is 0 Å². The Morgan fingerprint density at radius 2 is 1.00 bits per heavy atom. The Hall–Kier alpha value is -4.12. The van der Waals surface area contributed by atoms with Gasteiger partial charge in [0.2, 0.25) is 0 Å². The zero-order valence-corrected chi connectivity index (χ0v) is 16.7. The second kappa shape index (κ2) is 9.13. The third-order valence-electron chi connectivity index (χ3n) is 5.13. The highest BCUT2D eigenvalue weighted by atomic mass is 16.2. The summed E-state index contributed by atoms with van der Waals surface area (Å²) in [7, 11) is 0. The normalized spacial score (nSPS) is 11.8.